The van der Waals surface area contributed by atoms with Gasteiger partial charge in [0.05, 0.1) is 25.5 Å². The summed E-state index contributed by atoms with van der Waals surface area (Å²) < 4.78 is 10.5. The van der Waals surface area contributed by atoms with Gasteiger partial charge < -0.3 is 20.0 Å². The van der Waals surface area contributed by atoms with Crippen LogP contribution in [-0.4, -0.2) is 43.9 Å². The molecule has 25 heavy (non-hydrogen) atoms. The van der Waals surface area contributed by atoms with Gasteiger partial charge in [-0.1, -0.05) is 12.1 Å². The highest BCUT2D eigenvalue weighted by molar-refractivity contribution is 5.93. The van der Waals surface area contributed by atoms with Crippen molar-refractivity contribution in [1.82, 2.24) is 20.2 Å². The number of carbonyl (C=O) groups is 1. The van der Waals surface area contributed by atoms with Gasteiger partial charge in [0.1, 0.15) is 12.4 Å². The topological polar surface area (TPSA) is 129 Å². The Hall–Kier alpha value is -3.04. The van der Waals surface area contributed by atoms with E-state index < -0.39 is 12.0 Å². The van der Waals surface area contributed by atoms with E-state index >= 15 is 0 Å². The third-order valence-corrected chi connectivity index (χ3v) is 3.39. The van der Waals surface area contributed by atoms with Crippen LogP contribution in [0.3, 0.4) is 0 Å². The molecule has 0 aliphatic carbocycles. The van der Waals surface area contributed by atoms with Crippen LogP contribution in [0.5, 0.6) is 0 Å². The van der Waals surface area contributed by atoms with Crippen LogP contribution in [0.4, 0.5) is 0 Å². The second kappa shape index (κ2) is 7.69. The largest absolute Gasteiger partial charge is 0.467 e. The summed E-state index contributed by atoms with van der Waals surface area (Å²) in [5.74, 6) is 0.577. The van der Waals surface area contributed by atoms with E-state index in [4.69, 9.17) is 14.9 Å². The normalized spacial score (nSPS) is 12.2. The number of furan rings is 1. The van der Waals surface area contributed by atoms with Gasteiger partial charge in [0.25, 0.3) is 0 Å². The Morgan fingerprint density at radius 1 is 1.32 bits per heavy atom. The molecule has 0 aliphatic rings. The summed E-state index contributed by atoms with van der Waals surface area (Å²) in [5, 5.41) is 22.0. The van der Waals surface area contributed by atoms with Crippen molar-refractivity contribution >= 4 is 5.91 Å². The molecule has 2 aromatic heterocycles. The molecule has 1 aromatic carbocycles. The van der Waals surface area contributed by atoms with Crippen LogP contribution >= 0.6 is 0 Å². The van der Waals surface area contributed by atoms with Gasteiger partial charge >= 0.3 is 0 Å². The summed E-state index contributed by atoms with van der Waals surface area (Å²) in [6.45, 7) is 0.543. The van der Waals surface area contributed by atoms with Crippen molar-refractivity contribution in [3.05, 3.63) is 54.0 Å². The zero-order valence-corrected chi connectivity index (χ0v) is 13.3. The molecule has 9 heteroatoms. The number of rotatable bonds is 8. The molecule has 0 aliphatic heterocycles. The molecule has 0 spiro atoms. The molecule has 3 aromatic rings. The summed E-state index contributed by atoms with van der Waals surface area (Å²) in [6, 6.07) is 10.1. The molecule has 130 valence electrons. The van der Waals surface area contributed by atoms with Crippen LogP contribution in [0.1, 0.15) is 16.1 Å². The fraction of sp³-hybridized carbons (Fsp3) is 0.250. The van der Waals surface area contributed by atoms with Crippen molar-refractivity contribution in [1.29, 1.82) is 0 Å². The second-order valence-corrected chi connectivity index (χ2v) is 5.36. The number of benzene rings is 1. The minimum atomic E-state index is -0.783. The molecule has 3 rings (SSSR count). The number of primary amides is 1. The number of ether oxygens (including phenoxy) is 1. The Labute approximate surface area is 143 Å². The number of aliphatic hydroxyl groups excluding tert-OH is 1. The van der Waals surface area contributed by atoms with Gasteiger partial charge in [0, 0.05) is 11.1 Å². The summed E-state index contributed by atoms with van der Waals surface area (Å²) in [5.41, 5.74) is 6.30. The molecule has 3 N–H and O–H groups in total. The number of hydrogen-bond donors (Lipinski definition) is 2. The smallest absolute Gasteiger partial charge is 0.248 e. The van der Waals surface area contributed by atoms with Gasteiger partial charge in [-0.3, -0.25) is 4.79 Å². The van der Waals surface area contributed by atoms with Crippen molar-refractivity contribution in [2.24, 2.45) is 5.73 Å². The lowest BCUT2D eigenvalue weighted by Crippen LogP contribution is -2.23. The van der Waals surface area contributed by atoms with Crippen LogP contribution in [0, 0.1) is 0 Å². The first-order chi connectivity index (χ1) is 12.1. The SMILES string of the molecule is NC(=O)c1ccc(-c2nnn(CC(O)COCc3ccco3)n2)cc1. The minimum Gasteiger partial charge on any atom is -0.467 e. The van der Waals surface area contributed by atoms with Crippen LogP contribution in [0.25, 0.3) is 11.4 Å². The number of tetrazole rings is 1. The van der Waals surface area contributed by atoms with Gasteiger partial charge in [-0.25, -0.2) is 0 Å². The number of amides is 1. The third kappa shape index (κ3) is 4.49. The molecule has 0 radical (unpaired) electrons. The van der Waals surface area contributed by atoms with E-state index in [0.29, 0.717) is 22.7 Å². The van der Waals surface area contributed by atoms with Gasteiger partial charge in [0.2, 0.25) is 11.7 Å². The predicted molar refractivity (Wildman–Crippen MR) is 86.1 cm³/mol. The number of aliphatic hydroxyl groups is 1. The summed E-state index contributed by atoms with van der Waals surface area (Å²) >= 11 is 0. The lowest BCUT2D eigenvalue weighted by molar-refractivity contribution is 0.0111. The molecule has 0 saturated carbocycles. The highest BCUT2D eigenvalue weighted by atomic mass is 16.5. The van der Waals surface area contributed by atoms with Gasteiger partial charge in [0.15, 0.2) is 0 Å². The lowest BCUT2D eigenvalue weighted by atomic mass is 10.1. The summed E-state index contributed by atoms with van der Waals surface area (Å²) in [7, 11) is 0. The maximum Gasteiger partial charge on any atom is 0.248 e. The van der Waals surface area contributed by atoms with Crippen molar-refractivity contribution in [2.45, 2.75) is 19.3 Å². The molecule has 9 nitrogen and oxygen atoms in total. The molecule has 0 saturated heterocycles. The lowest BCUT2D eigenvalue weighted by Gasteiger charge is -2.09. The van der Waals surface area contributed by atoms with Crippen molar-refractivity contribution < 1.29 is 19.1 Å². The van der Waals surface area contributed by atoms with E-state index in [-0.39, 0.29) is 19.8 Å². The monoisotopic (exact) mass is 343 g/mol. The standard InChI is InChI=1S/C16H17N5O4/c17-15(23)11-3-5-12(6-4-11)16-18-20-21(19-16)8-13(22)9-24-10-14-2-1-7-25-14/h1-7,13,22H,8-10H2,(H2,17,23). The zero-order valence-electron chi connectivity index (χ0n) is 13.3. The van der Waals surface area contributed by atoms with Crippen molar-refractivity contribution in [2.75, 3.05) is 6.61 Å². The Bertz CT molecular complexity index is 813. The molecule has 1 unspecified atom stereocenters. The fourth-order valence-corrected chi connectivity index (χ4v) is 2.15. The number of nitrogens with zero attached hydrogens (tertiary/aromatic N) is 4. The molecule has 2 heterocycles. The van der Waals surface area contributed by atoms with Crippen LogP contribution in [0.2, 0.25) is 0 Å². The van der Waals surface area contributed by atoms with Crippen molar-refractivity contribution in [3.63, 3.8) is 0 Å². The maximum absolute atomic E-state index is 11.1. The summed E-state index contributed by atoms with van der Waals surface area (Å²) in [6.07, 6.45) is 0.778. The summed E-state index contributed by atoms with van der Waals surface area (Å²) in [4.78, 5) is 12.4. The van der Waals surface area contributed by atoms with E-state index in [1.807, 2.05) is 0 Å². The number of hydrogen-bond acceptors (Lipinski definition) is 7. The molecule has 1 amide bonds. The van der Waals surface area contributed by atoms with E-state index in [2.05, 4.69) is 15.4 Å². The molecule has 0 bridgehead atoms. The van der Waals surface area contributed by atoms with Crippen LogP contribution < -0.4 is 5.73 Å². The third-order valence-electron chi connectivity index (χ3n) is 3.39. The zero-order chi connectivity index (χ0) is 17.6. The number of nitrogens with two attached hydrogens (primary N) is 1. The molecular weight excluding hydrogens is 326 g/mol. The van der Waals surface area contributed by atoms with E-state index in [1.54, 1.807) is 42.7 Å². The second-order valence-electron chi connectivity index (χ2n) is 5.36. The Kier molecular flexibility index (Phi) is 5.17. The first-order valence-corrected chi connectivity index (χ1v) is 7.58. The Morgan fingerprint density at radius 3 is 2.80 bits per heavy atom. The van der Waals surface area contributed by atoms with E-state index in [1.165, 1.54) is 4.80 Å². The first-order valence-electron chi connectivity index (χ1n) is 7.58. The van der Waals surface area contributed by atoms with Gasteiger partial charge in [-0.2, -0.15) is 4.80 Å². The van der Waals surface area contributed by atoms with E-state index in [9.17, 15) is 9.90 Å². The van der Waals surface area contributed by atoms with Crippen molar-refractivity contribution in [3.8, 4) is 11.4 Å². The Morgan fingerprint density at radius 2 is 2.12 bits per heavy atom. The number of aromatic nitrogens is 4. The highest BCUT2D eigenvalue weighted by Gasteiger charge is 2.11. The highest BCUT2D eigenvalue weighted by Crippen LogP contribution is 2.14. The molecular formula is C16H17N5O4. The van der Waals surface area contributed by atoms with Gasteiger partial charge in [-0.15, -0.1) is 10.2 Å². The van der Waals surface area contributed by atoms with Crippen LogP contribution in [-0.2, 0) is 17.9 Å². The van der Waals surface area contributed by atoms with Crippen LogP contribution in [0.15, 0.2) is 47.1 Å². The Balaban J connectivity index is 1.53. The van der Waals surface area contributed by atoms with E-state index in [0.717, 1.165) is 0 Å². The average Bonchev–Trinajstić information content (AvgIpc) is 3.27. The minimum absolute atomic E-state index is 0.116. The first kappa shape index (κ1) is 16.8. The maximum atomic E-state index is 11.1. The average molecular weight is 343 g/mol. The molecule has 0 fully saturated rings. The van der Waals surface area contributed by atoms with Gasteiger partial charge in [-0.05, 0) is 29.5 Å². The molecule has 1 atom stereocenters. The fourth-order valence-electron chi connectivity index (χ4n) is 2.15. The quantitative estimate of drug-likeness (QED) is 0.613. The number of carbonyl (C=O) groups excluding carboxylic acids is 1. The predicted octanol–water partition coefficient (Wildman–Crippen LogP) is 0.610.